The second kappa shape index (κ2) is 9.90. The molecule has 9 nitrogen and oxygen atoms in total. The molecule has 35 heavy (non-hydrogen) atoms. The Balaban J connectivity index is 1.60. The van der Waals surface area contributed by atoms with Crippen LogP contribution in [0.1, 0.15) is 36.1 Å². The molecular formula is C23H24F3N5O4. The highest BCUT2D eigenvalue weighted by atomic mass is 19.4. The van der Waals surface area contributed by atoms with Gasteiger partial charge in [0.2, 0.25) is 6.41 Å². The normalized spacial score (nSPS) is 18.6. The second-order valence-electron chi connectivity index (χ2n) is 8.45. The molecule has 12 heteroatoms. The van der Waals surface area contributed by atoms with Crippen LogP contribution in [0.5, 0.6) is 5.75 Å². The van der Waals surface area contributed by atoms with Crippen molar-refractivity contribution in [3.63, 3.8) is 0 Å². The number of carbonyl (C=O) groups excluding carboxylic acids is 3. The van der Waals surface area contributed by atoms with E-state index >= 15 is 0 Å². The summed E-state index contributed by atoms with van der Waals surface area (Å²) in [5.74, 6) is -0.874. The number of hydrogen-bond acceptors (Lipinski definition) is 6. The van der Waals surface area contributed by atoms with Crippen LogP contribution < -0.4 is 15.0 Å². The van der Waals surface area contributed by atoms with Gasteiger partial charge in [0.15, 0.2) is 0 Å². The lowest BCUT2D eigenvalue weighted by molar-refractivity contribution is -0.274. The quantitative estimate of drug-likeness (QED) is 0.473. The van der Waals surface area contributed by atoms with Crippen molar-refractivity contribution in [2.75, 3.05) is 31.6 Å². The first-order chi connectivity index (χ1) is 16.7. The summed E-state index contributed by atoms with van der Waals surface area (Å²) in [6, 6.07) is 5.45. The van der Waals surface area contributed by atoms with Crippen LogP contribution in [0.25, 0.3) is 0 Å². The lowest BCUT2D eigenvalue weighted by Crippen LogP contribution is -2.42. The number of carbonyl (C=O) groups is 3. The van der Waals surface area contributed by atoms with Crippen molar-refractivity contribution in [1.29, 1.82) is 0 Å². The molecule has 1 N–H and O–H groups in total. The maximum absolute atomic E-state index is 13.3. The van der Waals surface area contributed by atoms with Crippen LogP contribution in [0.3, 0.4) is 0 Å². The zero-order valence-electron chi connectivity index (χ0n) is 18.9. The minimum atomic E-state index is -4.86. The Morgan fingerprint density at radius 2 is 1.83 bits per heavy atom. The number of rotatable bonds is 7. The van der Waals surface area contributed by atoms with Crippen molar-refractivity contribution in [2.45, 2.75) is 31.3 Å². The van der Waals surface area contributed by atoms with E-state index in [1.54, 1.807) is 18.5 Å². The molecule has 0 aliphatic carbocycles. The first-order valence-corrected chi connectivity index (χ1v) is 11.0. The molecule has 0 spiro atoms. The second-order valence-corrected chi connectivity index (χ2v) is 8.45. The van der Waals surface area contributed by atoms with Crippen LogP contribution in [0.15, 0.2) is 42.7 Å². The Hall–Kier alpha value is -3.67. The third-order valence-electron chi connectivity index (χ3n) is 6.20. The Morgan fingerprint density at radius 1 is 1.14 bits per heavy atom. The van der Waals surface area contributed by atoms with Crippen molar-refractivity contribution in [2.24, 2.45) is 0 Å². The molecule has 1 aromatic carbocycles. The number of hydrogen-bond donors (Lipinski definition) is 1. The van der Waals surface area contributed by atoms with E-state index in [-0.39, 0.29) is 18.2 Å². The summed E-state index contributed by atoms with van der Waals surface area (Å²) < 4.78 is 41.2. The highest BCUT2D eigenvalue weighted by molar-refractivity contribution is 6.19. The van der Waals surface area contributed by atoms with Crippen LogP contribution in [0, 0.1) is 0 Å². The van der Waals surface area contributed by atoms with Gasteiger partial charge in [-0.05, 0) is 74.8 Å². The molecule has 186 valence electrons. The van der Waals surface area contributed by atoms with Crippen LogP contribution in [-0.2, 0) is 9.59 Å². The smallest absolute Gasteiger partial charge is 0.406 e. The van der Waals surface area contributed by atoms with Gasteiger partial charge in [-0.15, -0.1) is 13.2 Å². The predicted molar refractivity (Wildman–Crippen MR) is 118 cm³/mol. The lowest BCUT2D eigenvalue weighted by atomic mass is 9.87. The first kappa shape index (κ1) is 24.5. The molecule has 2 saturated heterocycles. The zero-order valence-corrected chi connectivity index (χ0v) is 18.9. The fourth-order valence-corrected chi connectivity index (χ4v) is 4.51. The summed E-state index contributed by atoms with van der Waals surface area (Å²) in [7, 11) is 2.04. The molecule has 4 amide bonds. The van der Waals surface area contributed by atoms with Gasteiger partial charge in [0, 0.05) is 18.0 Å². The molecule has 0 bridgehead atoms. The predicted octanol–water partition coefficient (Wildman–Crippen LogP) is 3.00. The number of halogens is 3. The molecule has 0 radical (unpaired) electrons. The summed E-state index contributed by atoms with van der Waals surface area (Å²) in [5, 5.41) is 2.65. The van der Waals surface area contributed by atoms with Gasteiger partial charge in [0.05, 0.1) is 5.69 Å². The van der Waals surface area contributed by atoms with E-state index in [0.717, 1.165) is 48.5 Å². The molecule has 1 aromatic heterocycles. The van der Waals surface area contributed by atoms with Crippen LogP contribution >= 0.6 is 0 Å². The third kappa shape index (κ3) is 5.37. The molecule has 2 aliphatic heterocycles. The summed E-state index contributed by atoms with van der Waals surface area (Å²) in [6.45, 7) is 1.47. The number of ether oxygens (including phenoxy) is 1. The number of piperidine rings is 1. The van der Waals surface area contributed by atoms with Gasteiger partial charge < -0.3 is 15.0 Å². The van der Waals surface area contributed by atoms with Gasteiger partial charge in [-0.25, -0.2) is 9.69 Å². The van der Waals surface area contributed by atoms with Gasteiger partial charge in [0.25, 0.3) is 5.91 Å². The van der Waals surface area contributed by atoms with Gasteiger partial charge in [-0.2, -0.15) is 0 Å². The fourth-order valence-electron chi connectivity index (χ4n) is 4.51. The highest BCUT2D eigenvalue weighted by Gasteiger charge is 2.42. The molecular weight excluding hydrogens is 467 g/mol. The molecule has 2 aliphatic rings. The number of likely N-dealkylation sites (tertiary alicyclic amines) is 1. The molecule has 2 fully saturated rings. The van der Waals surface area contributed by atoms with Crippen molar-refractivity contribution < 1.29 is 32.3 Å². The summed E-state index contributed by atoms with van der Waals surface area (Å²) in [6.07, 6.45) is -0.256. The number of pyridine rings is 1. The number of imide groups is 1. The Morgan fingerprint density at radius 3 is 2.46 bits per heavy atom. The first-order valence-electron chi connectivity index (χ1n) is 11.0. The summed E-state index contributed by atoms with van der Waals surface area (Å²) in [5.41, 5.74) is 1.65. The molecule has 1 atom stereocenters. The van der Waals surface area contributed by atoms with E-state index in [0.29, 0.717) is 12.0 Å². The van der Waals surface area contributed by atoms with E-state index < -0.39 is 30.2 Å². The standard InChI is InChI=1S/C23H24F3N5O4/c1-29-10-7-15(8-11-29)19-12-27-9-6-18(19)21(28-14-32)30-13-20(33)31(22(30)34)16-2-4-17(5-3-16)35-23(24,25)26/h2-6,9,12,14-15,21H,7-8,10-11,13H2,1H3,(H,28,32). The number of anilines is 1. The molecule has 3 heterocycles. The number of nitrogens with one attached hydrogen (secondary N) is 1. The van der Waals surface area contributed by atoms with Gasteiger partial charge in [0.1, 0.15) is 18.5 Å². The third-order valence-corrected chi connectivity index (χ3v) is 6.20. The lowest BCUT2D eigenvalue weighted by Gasteiger charge is -2.33. The fraction of sp³-hybridized carbons (Fsp3) is 0.391. The van der Waals surface area contributed by atoms with Crippen molar-refractivity contribution in [1.82, 2.24) is 20.1 Å². The zero-order chi connectivity index (χ0) is 25.2. The molecule has 1 unspecified atom stereocenters. The average Bonchev–Trinajstić information content (AvgIpc) is 3.11. The number of aromatic nitrogens is 1. The largest absolute Gasteiger partial charge is 0.573 e. The van der Waals surface area contributed by atoms with E-state index in [9.17, 15) is 27.6 Å². The van der Waals surface area contributed by atoms with Crippen molar-refractivity contribution in [3.8, 4) is 5.75 Å². The molecule has 2 aromatic rings. The minimum Gasteiger partial charge on any atom is -0.406 e. The topological polar surface area (TPSA) is 95.1 Å². The average molecular weight is 491 g/mol. The number of urea groups is 1. The maximum atomic E-state index is 13.3. The molecule has 4 rings (SSSR count). The Kier molecular flexibility index (Phi) is 6.92. The van der Waals surface area contributed by atoms with Crippen LogP contribution in [-0.4, -0.2) is 66.2 Å². The van der Waals surface area contributed by atoms with Crippen molar-refractivity contribution >= 4 is 24.0 Å². The Labute approximate surface area is 199 Å². The number of amides is 4. The number of alkyl halides is 3. The highest BCUT2D eigenvalue weighted by Crippen LogP contribution is 2.35. The van der Waals surface area contributed by atoms with E-state index in [1.165, 1.54) is 17.0 Å². The maximum Gasteiger partial charge on any atom is 0.573 e. The van der Waals surface area contributed by atoms with E-state index in [2.05, 4.69) is 19.9 Å². The monoisotopic (exact) mass is 491 g/mol. The Bertz CT molecular complexity index is 1090. The SMILES string of the molecule is CN1CCC(c2cnccc2C(NC=O)N2CC(=O)N(c3ccc(OC(F)(F)F)cc3)C2=O)CC1. The number of nitrogens with zero attached hydrogens (tertiary/aromatic N) is 4. The van der Waals surface area contributed by atoms with Crippen LogP contribution in [0.4, 0.5) is 23.7 Å². The number of benzene rings is 1. The summed E-state index contributed by atoms with van der Waals surface area (Å²) >= 11 is 0. The van der Waals surface area contributed by atoms with Crippen LogP contribution in [0.2, 0.25) is 0 Å². The minimum absolute atomic E-state index is 0.0900. The van der Waals surface area contributed by atoms with Crippen molar-refractivity contribution in [3.05, 3.63) is 53.9 Å². The summed E-state index contributed by atoms with van der Waals surface area (Å²) in [4.78, 5) is 46.1. The van der Waals surface area contributed by atoms with Gasteiger partial charge in [-0.3, -0.25) is 19.5 Å². The van der Waals surface area contributed by atoms with Gasteiger partial charge in [-0.1, -0.05) is 0 Å². The molecule has 0 saturated carbocycles. The van der Waals surface area contributed by atoms with E-state index in [1.807, 2.05) is 7.05 Å². The van der Waals surface area contributed by atoms with Gasteiger partial charge >= 0.3 is 12.4 Å². The van der Waals surface area contributed by atoms with E-state index in [4.69, 9.17) is 0 Å².